The second kappa shape index (κ2) is 9.77. The highest BCUT2D eigenvalue weighted by atomic mass is 16.5. The summed E-state index contributed by atoms with van der Waals surface area (Å²) in [5, 5.41) is 8.89. The van der Waals surface area contributed by atoms with E-state index in [1.165, 1.54) is 11.1 Å². The Morgan fingerprint density at radius 3 is 2.67 bits per heavy atom. The van der Waals surface area contributed by atoms with Crippen LogP contribution in [-0.4, -0.2) is 45.7 Å². The number of rotatable bonds is 7. The fraction of sp³-hybridized carbons (Fsp3) is 0.467. The minimum atomic E-state index is -0.0918. The van der Waals surface area contributed by atoms with Crippen molar-refractivity contribution < 1.29 is 9.53 Å². The average Bonchev–Trinajstić information content (AvgIpc) is 2.49. The summed E-state index contributed by atoms with van der Waals surface area (Å²) in [7, 11) is 3.28. The average molecular weight is 292 g/mol. The lowest BCUT2D eigenvalue weighted by atomic mass is 10.1. The maximum Gasteiger partial charge on any atom is 0.239 e. The summed E-state index contributed by atoms with van der Waals surface area (Å²) in [4.78, 5) is 15.6. The van der Waals surface area contributed by atoms with E-state index in [0.717, 1.165) is 0 Å². The van der Waals surface area contributed by atoms with Crippen molar-refractivity contribution >= 4 is 11.9 Å². The normalized spacial score (nSPS) is 11.1. The van der Waals surface area contributed by atoms with Crippen molar-refractivity contribution in [2.75, 3.05) is 33.9 Å². The largest absolute Gasteiger partial charge is 0.383 e. The highest BCUT2D eigenvalue weighted by molar-refractivity contribution is 5.86. The lowest BCUT2D eigenvalue weighted by molar-refractivity contribution is -0.120. The third-order valence-electron chi connectivity index (χ3n) is 2.98. The third kappa shape index (κ3) is 6.76. The van der Waals surface area contributed by atoms with Crippen LogP contribution in [0.3, 0.4) is 0 Å². The number of hydrogen-bond acceptors (Lipinski definition) is 3. The molecule has 0 saturated heterocycles. The Balaban J connectivity index is 2.33. The Morgan fingerprint density at radius 1 is 1.24 bits per heavy atom. The van der Waals surface area contributed by atoms with E-state index in [-0.39, 0.29) is 12.5 Å². The van der Waals surface area contributed by atoms with E-state index >= 15 is 0 Å². The van der Waals surface area contributed by atoms with E-state index in [1.54, 1.807) is 14.2 Å². The van der Waals surface area contributed by atoms with Crippen LogP contribution < -0.4 is 16.0 Å². The molecule has 0 aromatic heterocycles. The predicted octanol–water partition coefficient (Wildman–Crippen LogP) is 0.423. The van der Waals surface area contributed by atoms with E-state index in [1.807, 2.05) is 12.1 Å². The van der Waals surface area contributed by atoms with E-state index in [0.29, 0.717) is 25.7 Å². The zero-order valence-corrected chi connectivity index (χ0v) is 12.9. The first kappa shape index (κ1) is 17.0. The van der Waals surface area contributed by atoms with Gasteiger partial charge in [-0.1, -0.05) is 24.3 Å². The van der Waals surface area contributed by atoms with Crippen molar-refractivity contribution in [2.24, 2.45) is 4.99 Å². The molecule has 0 spiro atoms. The summed E-state index contributed by atoms with van der Waals surface area (Å²) >= 11 is 0. The van der Waals surface area contributed by atoms with Gasteiger partial charge in [-0.25, -0.2) is 0 Å². The van der Waals surface area contributed by atoms with E-state index in [2.05, 4.69) is 40.0 Å². The molecule has 3 N–H and O–H groups in total. The maximum atomic E-state index is 11.6. The van der Waals surface area contributed by atoms with Gasteiger partial charge >= 0.3 is 0 Å². The number of aryl methyl sites for hydroxylation is 1. The molecule has 0 saturated carbocycles. The van der Waals surface area contributed by atoms with Crippen molar-refractivity contribution in [3.8, 4) is 0 Å². The lowest BCUT2D eigenvalue weighted by Gasteiger charge is -2.13. The number of benzene rings is 1. The molecule has 0 fully saturated rings. The van der Waals surface area contributed by atoms with E-state index in [4.69, 9.17) is 4.74 Å². The second-order valence-electron chi connectivity index (χ2n) is 4.55. The summed E-state index contributed by atoms with van der Waals surface area (Å²) in [6.45, 7) is 3.92. The van der Waals surface area contributed by atoms with Gasteiger partial charge in [0.15, 0.2) is 5.96 Å². The maximum absolute atomic E-state index is 11.6. The van der Waals surface area contributed by atoms with Gasteiger partial charge in [0.05, 0.1) is 13.2 Å². The Morgan fingerprint density at radius 2 is 2.00 bits per heavy atom. The van der Waals surface area contributed by atoms with Crippen LogP contribution in [0.4, 0.5) is 0 Å². The molecule has 0 bridgehead atoms. The van der Waals surface area contributed by atoms with Crippen LogP contribution in [0.5, 0.6) is 0 Å². The predicted molar refractivity (Wildman–Crippen MR) is 84.3 cm³/mol. The van der Waals surface area contributed by atoms with Gasteiger partial charge in [0, 0.05) is 27.2 Å². The number of guanidine groups is 1. The molecule has 0 aliphatic rings. The first-order chi connectivity index (χ1) is 10.2. The van der Waals surface area contributed by atoms with Gasteiger partial charge in [0.25, 0.3) is 0 Å². The van der Waals surface area contributed by atoms with Gasteiger partial charge in [0.1, 0.15) is 0 Å². The van der Waals surface area contributed by atoms with Crippen LogP contribution >= 0.6 is 0 Å². The fourth-order valence-electron chi connectivity index (χ4n) is 1.73. The Bertz CT molecular complexity index is 474. The molecule has 0 unspecified atom stereocenters. The smallest absolute Gasteiger partial charge is 0.239 e. The number of amides is 1. The third-order valence-corrected chi connectivity index (χ3v) is 2.98. The number of aliphatic imine (C=N–C) groups is 1. The zero-order chi connectivity index (χ0) is 15.5. The van der Waals surface area contributed by atoms with Gasteiger partial charge in [-0.15, -0.1) is 0 Å². The molecule has 1 aromatic carbocycles. The highest BCUT2D eigenvalue weighted by Gasteiger charge is 2.03. The Kier molecular flexibility index (Phi) is 7.89. The number of ether oxygens (including phenoxy) is 1. The van der Waals surface area contributed by atoms with Crippen molar-refractivity contribution in [2.45, 2.75) is 13.5 Å². The van der Waals surface area contributed by atoms with Crippen LogP contribution in [-0.2, 0) is 16.1 Å². The topological polar surface area (TPSA) is 74.8 Å². The highest BCUT2D eigenvalue weighted by Crippen LogP contribution is 2.05. The van der Waals surface area contributed by atoms with Crippen molar-refractivity contribution in [1.29, 1.82) is 0 Å². The standard InChI is InChI=1S/C15H24N4O2/c1-12-6-4-5-7-13(12)10-18-15(16-2)19-11-14(20)17-8-9-21-3/h4-7H,8-11H2,1-3H3,(H,17,20)(H2,16,18,19). The molecule has 1 amide bonds. The van der Waals surface area contributed by atoms with Crippen molar-refractivity contribution in [1.82, 2.24) is 16.0 Å². The summed E-state index contributed by atoms with van der Waals surface area (Å²) in [6.07, 6.45) is 0. The van der Waals surface area contributed by atoms with Gasteiger partial charge in [-0.2, -0.15) is 0 Å². The van der Waals surface area contributed by atoms with E-state index < -0.39 is 0 Å². The molecule has 0 atom stereocenters. The zero-order valence-electron chi connectivity index (χ0n) is 12.9. The van der Waals surface area contributed by atoms with E-state index in [9.17, 15) is 4.79 Å². The number of carbonyl (C=O) groups excluding carboxylic acids is 1. The molecule has 6 heteroatoms. The molecule has 1 rings (SSSR count). The lowest BCUT2D eigenvalue weighted by Crippen LogP contribution is -2.43. The molecule has 0 radical (unpaired) electrons. The second-order valence-corrected chi connectivity index (χ2v) is 4.55. The molecular weight excluding hydrogens is 268 g/mol. The number of carbonyl (C=O) groups is 1. The molecule has 0 heterocycles. The first-order valence-electron chi connectivity index (χ1n) is 6.92. The number of methoxy groups -OCH3 is 1. The van der Waals surface area contributed by atoms with Gasteiger partial charge in [-0.3, -0.25) is 9.79 Å². The van der Waals surface area contributed by atoms with Crippen LogP contribution in [0.1, 0.15) is 11.1 Å². The van der Waals surface area contributed by atoms with Gasteiger partial charge in [0.2, 0.25) is 5.91 Å². The summed E-state index contributed by atoms with van der Waals surface area (Å²) in [6, 6.07) is 8.14. The molecule has 116 valence electrons. The molecular formula is C15H24N4O2. The molecule has 0 aliphatic heterocycles. The van der Waals surface area contributed by atoms with Crippen molar-refractivity contribution in [3.05, 3.63) is 35.4 Å². The number of nitrogens with zero attached hydrogens (tertiary/aromatic N) is 1. The molecule has 0 aliphatic carbocycles. The van der Waals surface area contributed by atoms with Gasteiger partial charge < -0.3 is 20.7 Å². The molecule has 1 aromatic rings. The van der Waals surface area contributed by atoms with Crippen LogP contribution in [0.25, 0.3) is 0 Å². The summed E-state index contributed by atoms with van der Waals surface area (Å²) < 4.78 is 4.87. The number of nitrogens with one attached hydrogen (secondary N) is 3. The van der Waals surface area contributed by atoms with Crippen molar-refractivity contribution in [3.63, 3.8) is 0 Å². The summed E-state index contributed by atoms with van der Waals surface area (Å²) in [5.74, 6) is 0.506. The van der Waals surface area contributed by atoms with Crippen LogP contribution in [0.15, 0.2) is 29.3 Å². The summed E-state index contributed by atoms with van der Waals surface area (Å²) in [5.41, 5.74) is 2.42. The SMILES string of the molecule is CN=C(NCC(=O)NCCOC)NCc1ccccc1C. The Labute approximate surface area is 126 Å². The fourth-order valence-corrected chi connectivity index (χ4v) is 1.73. The first-order valence-corrected chi connectivity index (χ1v) is 6.92. The van der Waals surface area contributed by atoms with Gasteiger partial charge in [-0.05, 0) is 18.1 Å². The quantitative estimate of drug-likeness (QED) is 0.387. The molecule has 21 heavy (non-hydrogen) atoms. The minimum absolute atomic E-state index is 0.0918. The monoisotopic (exact) mass is 292 g/mol. The van der Waals surface area contributed by atoms with Crippen LogP contribution in [0, 0.1) is 6.92 Å². The molecule has 6 nitrogen and oxygen atoms in total. The van der Waals surface area contributed by atoms with Crippen LogP contribution in [0.2, 0.25) is 0 Å². The number of hydrogen-bond donors (Lipinski definition) is 3. The minimum Gasteiger partial charge on any atom is -0.383 e. The Hall–Kier alpha value is -2.08.